The van der Waals surface area contributed by atoms with Gasteiger partial charge in [-0.2, -0.15) is 0 Å². The predicted molar refractivity (Wildman–Crippen MR) is 51.5 cm³/mol. The van der Waals surface area contributed by atoms with E-state index in [4.69, 9.17) is 5.14 Å². The molecule has 3 nitrogen and oxygen atoms in total. The SMILES string of the molecule is NS(=O)(=O)C[C@@H]1C[C@@H]2CCCC[C@@H]21. The summed E-state index contributed by atoms with van der Waals surface area (Å²) in [4.78, 5) is 0. The van der Waals surface area contributed by atoms with Gasteiger partial charge in [-0.3, -0.25) is 0 Å². The van der Waals surface area contributed by atoms with E-state index < -0.39 is 10.0 Å². The van der Waals surface area contributed by atoms with E-state index in [0.717, 1.165) is 12.3 Å². The third-order valence-electron chi connectivity index (χ3n) is 3.63. The van der Waals surface area contributed by atoms with Crippen molar-refractivity contribution in [1.82, 2.24) is 0 Å². The van der Waals surface area contributed by atoms with Crippen molar-refractivity contribution in [1.29, 1.82) is 0 Å². The van der Waals surface area contributed by atoms with Crippen molar-refractivity contribution in [3.8, 4) is 0 Å². The van der Waals surface area contributed by atoms with Crippen LogP contribution in [0.5, 0.6) is 0 Å². The smallest absolute Gasteiger partial charge is 0.209 e. The Labute approximate surface area is 79.7 Å². The van der Waals surface area contributed by atoms with Crippen LogP contribution in [0.4, 0.5) is 0 Å². The molecule has 0 amide bonds. The molecule has 0 bridgehead atoms. The monoisotopic (exact) mass is 203 g/mol. The Morgan fingerprint density at radius 3 is 2.54 bits per heavy atom. The lowest BCUT2D eigenvalue weighted by Gasteiger charge is -2.47. The Bertz CT molecular complexity index is 286. The second-order valence-corrected chi connectivity index (χ2v) is 6.19. The molecule has 0 aromatic rings. The van der Waals surface area contributed by atoms with E-state index in [2.05, 4.69) is 0 Å². The highest BCUT2D eigenvalue weighted by Crippen LogP contribution is 2.49. The Balaban J connectivity index is 1.91. The maximum Gasteiger partial charge on any atom is 0.209 e. The summed E-state index contributed by atoms with van der Waals surface area (Å²) in [5, 5.41) is 5.04. The van der Waals surface area contributed by atoms with Gasteiger partial charge in [-0.1, -0.05) is 19.3 Å². The van der Waals surface area contributed by atoms with Gasteiger partial charge < -0.3 is 0 Å². The molecule has 0 unspecified atom stereocenters. The van der Waals surface area contributed by atoms with Gasteiger partial charge in [0.2, 0.25) is 10.0 Å². The van der Waals surface area contributed by atoms with Gasteiger partial charge in [-0.15, -0.1) is 0 Å². The van der Waals surface area contributed by atoms with Gasteiger partial charge in [0.05, 0.1) is 5.75 Å². The first kappa shape index (κ1) is 9.46. The van der Waals surface area contributed by atoms with Crippen molar-refractivity contribution in [3.05, 3.63) is 0 Å². The number of nitrogens with two attached hydrogens (primary N) is 1. The third-order valence-corrected chi connectivity index (χ3v) is 4.52. The molecular formula is C9H17NO2S. The molecule has 76 valence electrons. The van der Waals surface area contributed by atoms with E-state index in [0.29, 0.717) is 11.8 Å². The maximum absolute atomic E-state index is 10.9. The van der Waals surface area contributed by atoms with E-state index in [-0.39, 0.29) is 5.75 Å². The first-order valence-corrected chi connectivity index (χ1v) is 6.78. The second-order valence-electron chi connectivity index (χ2n) is 4.53. The van der Waals surface area contributed by atoms with Crippen LogP contribution in [0.25, 0.3) is 0 Å². The highest BCUT2D eigenvalue weighted by molar-refractivity contribution is 7.89. The molecule has 0 spiro atoms. The molecular weight excluding hydrogens is 186 g/mol. The average Bonchev–Trinajstić information content (AvgIpc) is 1.99. The summed E-state index contributed by atoms with van der Waals surface area (Å²) in [7, 11) is -3.23. The summed E-state index contributed by atoms with van der Waals surface area (Å²) in [5.41, 5.74) is 0. The van der Waals surface area contributed by atoms with Crippen molar-refractivity contribution >= 4 is 10.0 Å². The molecule has 13 heavy (non-hydrogen) atoms. The minimum atomic E-state index is -3.23. The van der Waals surface area contributed by atoms with Crippen LogP contribution in [0.1, 0.15) is 32.1 Å². The molecule has 2 N–H and O–H groups in total. The third kappa shape index (κ3) is 2.05. The van der Waals surface area contributed by atoms with Gasteiger partial charge in [-0.25, -0.2) is 13.6 Å². The molecule has 0 aliphatic heterocycles. The number of hydrogen-bond donors (Lipinski definition) is 1. The van der Waals surface area contributed by atoms with Crippen LogP contribution in [0.2, 0.25) is 0 Å². The zero-order valence-electron chi connectivity index (χ0n) is 7.78. The van der Waals surface area contributed by atoms with E-state index in [1.807, 2.05) is 0 Å². The van der Waals surface area contributed by atoms with Crippen LogP contribution >= 0.6 is 0 Å². The summed E-state index contributed by atoms with van der Waals surface area (Å²) in [6.45, 7) is 0. The summed E-state index contributed by atoms with van der Waals surface area (Å²) >= 11 is 0. The number of fused-ring (bicyclic) bond motifs is 1. The molecule has 0 heterocycles. The summed E-state index contributed by atoms with van der Waals surface area (Å²) in [5.74, 6) is 2.08. The van der Waals surface area contributed by atoms with Gasteiger partial charge in [0.25, 0.3) is 0 Å². The molecule has 2 aliphatic carbocycles. The molecule has 2 aliphatic rings. The Morgan fingerprint density at radius 2 is 1.92 bits per heavy atom. The van der Waals surface area contributed by atoms with Crippen LogP contribution in [-0.2, 0) is 10.0 Å². The molecule has 0 aromatic carbocycles. The highest BCUT2D eigenvalue weighted by Gasteiger charge is 2.42. The Morgan fingerprint density at radius 1 is 1.23 bits per heavy atom. The Kier molecular flexibility index (Phi) is 2.36. The molecule has 2 saturated carbocycles. The number of hydrogen-bond acceptors (Lipinski definition) is 2. The minimum absolute atomic E-state index is 0.216. The zero-order chi connectivity index (χ0) is 9.47. The lowest BCUT2D eigenvalue weighted by atomic mass is 9.59. The fourth-order valence-electron chi connectivity index (χ4n) is 3.01. The standard InChI is InChI=1S/C9H17NO2S/c10-13(11,12)6-8-5-7-3-1-2-4-9(7)8/h7-9H,1-6H2,(H2,10,11,12)/t7-,8-,9-/m0/s1. The molecule has 2 rings (SSSR count). The van der Waals surface area contributed by atoms with Crippen LogP contribution in [-0.4, -0.2) is 14.2 Å². The van der Waals surface area contributed by atoms with Crippen molar-refractivity contribution in [2.24, 2.45) is 22.9 Å². The first-order valence-electron chi connectivity index (χ1n) is 5.07. The normalized spacial score (nSPS) is 39.3. The van der Waals surface area contributed by atoms with E-state index in [1.165, 1.54) is 25.7 Å². The largest absolute Gasteiger partial charge is 0.229 e. The highest BCUT2D eigenvalue weighted by atomic mass is 32.2. The van der Waals surface area contributed by atoms with Gasteiger partial charge in [-0.05, 0) is 30.6 Å². The van der Waals surface area contributed by atoms with E-state index in [1.54, 1.807) is 0 Å². The second kappa shape index (κ2) is 3.24. The minimum Gasteiger partial charge on any atom is -0.229 e. The Hall–Kier alpha value is -0.0900. The van der Waals surface area contributed by atoms with Crippen LogP contribution in [0, 0.1) is 17.8 Å². The zero-order valence-corrected chi connectivity index (χ0v) is 8.59. The first-order chi connectivity index (χ1) is 6.06. The van der Waals surface area contributed by atoms with Crippen LogP contribution in [0.3, 0.4) is 0 Å². The lowest BCUT2D eigenvalue weighted by molar-refractivity contribution is 0.0441. The van der Waals surface area contributed by atoms with E-state index >= 15 is 0 Å². The molecule has 0 saturated heterocycles. The fourth-order valence-corrected chi connectivity index (χ4v) is 3.99. The summed E-state index contributed by atoms with van der Waals surface area (Å²) in [6.07, 6.45) is 6.25. The molecule has 2 fully saturated rings. The molecule has 0 radical (unpaired) electrons. The molecule has 0 aromatic heterocycles. The average molecular weight is 203 g/mol. The van der Waals surface area contributed by atoms with Gasteiger partial charge in [0, 0.05) is 0 Å². The topological polar surface area (TPSA) is 60.2 Å². The van der Waals surface area contributed by atoms with Crippen LogP contribution in [0.15, 0.2) is 0 Å². The maximum atomic E-state index is 10.9. The van der Waals surface area contributed by atoms with E-state index in [9.17, 15) is 8.42 Å². The number of rotatable bonds is 2. The van der Waals surface area contributed by atoms with Gasteiger partial charge in [0.15, 0.2) is 0 Å². The molecule has 3 atom stereocenters. The number of primary sulfonamides is 1. The van der Waals surface area contributed by atoms with Gasteiger partial charge >= 0.3 is 0 Å². The number of sulfonamides is 1. The van der Waals surface area contributed by atoms with Crippen molar-refractivity contribution in [3.63, 3.8) is 0 Å². The van der Waals surface area contributed by atoms with Gasteiger partial charge in [0.1, 0.15) is 0 Å². The molecule has 4 heteroatoms. The van der Waals surface area contributed by atoms with Crippen molar-refractivity contribution < 1.29 is 8.42 Å². The summed E-state index contributed by atoms with van der Waals surface area (Å²) in [6, 6.07) is 0. The van der Waals surface area contributed by atoms with Crippen LogP contribution < -0.4 is 5.14 Å². The summed E-state index contributed by atoms with van der Waals surface area (Å²) < 4.78 is 21.8. The fraction of sp³-hybridized carbons (Fsp3) is 1.00. The predicted octanol–water partition coefficient (Wildman–Crippen LogP) is 1.10. The van der Waals surface area contributed by atoms with Crippen molar-refractivity contribution in [2.75, 3.05) is 5.75 Å². The quantitative estimate of drug-likeness (QED) is 0.730. The lowest BCUT2D eigenvalue weighted by Crippen LogP contribution is -2.43. The van der Waals surface area contributed by atoms with Crippen molar-refractivity contribution in [2.45, 2.75) is 32.1 Å².